The molecule has 2 amide bonds. The number of hydrogen-bond donors (Lipinski definition) is 5. The summed E-state index contributed by atoms with van der Waals surface area (Å²) >= 11 is 0. The van der Waals surface area contributed by atoms with E-state index in [1.165, 1.54) is 12.4 Å². The molecule has 1 saturated heterocycles. The van der Waals surface area contributed by atoms with Gasteiger partial charge in [0.05, 0.1) is 19.3 Å². The number of aliphatic hydroxyl groups is 1. The lowest BCUT2D eigenvalue weighted by Crippen LogP contribution is -2.51. The van der Waals surface area contributed by atoms with Gasteiger partial charge >= 0.3 is 0 Å². The van der Waals surface area contributed by atoms with E-state index in [2.05, 4.69) is 39.2 Å². The van der Waals surface area contributed by atoms with Crippen LogP contribution >= 0.6 is 0 Å². The summed E-state index contributed by atoms with van der Waals surface area (Å²) in [6, 6.07) is 13.0. The summed E-state index contributed by atoms with van der Waals surface area (Å²) in [5, 5.41) is 24.2. The van der Waals surface area contributed by atoms with Gasteiger partial charge in [-0.1, -0.05) is 19.3 Å². The maximum Gasteiger partial charge on any atom is 0.268 e. The summed E-state index contributed by atoms with van der Waals surface area (Å²) in [6.07, 6.45) is -0.107. The topological polar surface area (TPSA) is 123 Å². The van der Waals surface area contributed by atoms with Crippen LogP contribution in [-0.4, -0.2) is 78.6 Å². The Bertz CT molecular complexity index is 1150. The molecule has 202 valence electrons. The van der Waals surface area contributed by atoms with E-state index in [1.54, 1.807) is 24.3 Å². The van der Waals surface area contributed by atoms with Gasteiger partial charge in [0.15, 0.2) is 0 Å². The number of rotatable bonds is 9. The van der Waals surface area contributed by atoms with Crippen molar-refractivity contribution in [3.63, 3.8) is 0 Å². The van der Waals surface area contributed by atoms with Gasteiger partial charge in [0.1, 0.15) is 6.04 Å². The van der Waals surface area contributed by atoms with Crippen LogP contribution in [0.15, 0.2) is 48.5 Å². The Labute approximate surface area is 224 Å². The fourth-order valence-corrected chi connectivity index (χ4v) is 3.64. The van der Waals surface area contributed by atoms with E-state index < -0.39 is 24.0 Å². The number of morpholine rings is 1. The van der Waals surface area contributed by atoms with E-state index in [0.717, 1.165) is 57.1 Å². The number of ether oxygens (including phenoxy) is 1. The Kier molecular flexibility index (Phi) is 12.8. The number of nitrogens with one attached hydrogen (secondary N) is 3. The van der Waals surface area contributed by atoms with Crippen molar-refractivity contribution in [2.24, 2.45) is 0 Å². The Morgan fingerprint density at radius 1 is 1.00 bits per heavy atom. The van der Waals surface area contributed by atoms with E-state index in [1.807, 2.05) is 24.3 Å². The lowest BCUT2D eigenvalue weighted by molar-refractivity contribution is -0.133. The van der Waals surface area contributed by atoms with Crippen molar-refractivity contribution in [2.45, 2.75) is 32.9 Å². The minimum absolute atomic E-state index is 0. The molecule has 1 aliphatic heterocycles. The predicted molar refractivity (Wildman–Crippen MR) is 147 cm³/mol. The smallest absolute Gasteiger partial charge is 0.268 e. The fraction of sp³-hybridized carbons (Fsp3) is 0.379. The highest BCUT2D eigenvalue weighted by atomic mass is 16.5. The van der Waals surface area contributed by atoms with Crippen LogP contribution in [0.4, 0.5) is 5.69 Å². The van der Waals surface area contributed by atoms with Crippen molar-refractivity contribution in [3.05, 3.63) is 65.2 Å². The molecular weight excluding hydrogens is 484 g/mol. The molecule has 0 aromatic heterocycles. The van der Waals surface area contributed by atoms with Crippen LogP contribution in [0.25, 0.3) is 0 Å². The molecule has 9 nitrogen and oxygen atoms in total. The first kappa shape index (κ1) is 30.4. The predicted octanol–water partition coefficient (Wildman–Crippen LogP) is 1.84. The molecule has 1 heterocycles. The molecule has 2 atom stereocenters. The van der Waals surface area contributed by atoms with Gasteiger partial charge in [-0.2, -0.15) is 0 Å². The van der Waals surface area contributed by atoms with Crippen LogP contribution in [-0.2, 0) is 9.53 Å². The van der Waals surface area contributed by atoms with E-state index in [9.17, 15) is 14.7 Å². The fourth-order valence-electron chi connectivity index (χ4n) is 3.64. The molecule has 0 unspecified atom stereocenters. The van der Waals surface area contributed by atoms with Gasteiger partial charge in [-0.3, -0.25) is 19.7 Å². The SMILES string of the molecule is C.C[C@@H](O)[C@H](NC(=O)c1ccc(C#CC#Cc2ccc(NCCCN3CCOCC3)cc2)cc1)C(=O)NO. The average molecular weight is 521 g/mol. The van der Waals surface area contributed by atoms with E-state index in [-0.39, 0.29) is 13.0 Å². The molecule has 5 N–H and O–H groups in total. The van der Waals surface area contributed by atoms with Gasteiger partial charge < -0.3 is 20.5 Å². The maximum atomic E-state index is 12.3. The van der Waals surface area contributed by atoms with Crippen LogP contribution in [0.2, 0.25) is 0 Å². The number of anilines is 1. The third kappa shape index (κ3) is 9.89. The van der Waals surface area contributed by atoms with Crippen molar-refractivity contribution < 1.29 is 24.6 Å². The number of hydrogen-bond acceptors (Lipinski definition) is 7. The molecule has 0 spiro atoms. The van der Waals surface area contributed by atoms with Crippen LogP contribution in [0.5, 0.6) is 0 Å². The Morgan fingerprint density at radius 3 is 2.13 bits per heavy atom. The molecule has 2 aromatic rings. The van der Waals surface area contributed by atoms with Gasteiger partial charge in [-0.15, -0.1) is 0 Å². The molecule has 1 aliphatic rings. The summed E-state index contributed by atoms with van der Waals surface area (Å²) in [5.74, 6) is 10.1. The van der Waals surface area contributed by atoms with Crippen LogP contribution in [0, 0.1) is 23.7 Å². The normalized spacial score (nSPS) is 14.3. The van der Waals surface area contributed by atoms with E-state index in [0.29, 0.717) is 5.56 Å². The zero-order valence-electron chi connectivity index (χ0n) is 20.8. The zero-order valence-corrected chi connectivity index (χ0v) is 20.8. The highest BCUT2D eigenvalue weighted by molar-refractivity contribution is 5.97. The third-order valence-electron chi connectivity index (χ3n) is 5.75. The Hall–Kier alpha value is -3.86. The molecule has 9 heteroatoms. The molecule has 1 fully saturated rings. The standard InChI is InChI=1S/C28H32N4O5.CH4/c1-21(33)26(28(35)31-36)30-27(34)24-11-7-22(8-12-24)5-2-3-6-23-9-13-25(14-10-23)29-15-4-16-32-17-19-37-20-18-32;/h7-14,21,26,29,33,36H,4,15-20H2,1H3,(H,30,34)(H,31,35);1H4/t21-,26+;/m1./s1. The molecule has 3 rings (SSSR count). The molecule has 0 radical (unpaired) electrons. The second kappa shape index (κ2) is 16.1. The Balaban J connectivity index is 0.00000507. The number of carbonyl (C=O) groups is 2. The third-order valence-corrected chi connectivity index (χ3v) is 5.75. The number of carbonyl (C=O) groups excluding carboxylic acids is 2. The average Bonchev–Trinajstić information content (AvgIpc) is 2.93. The van der Waals surface area contributed by atoms with Crippen molar-refractivity contribution >= 4 is 17.5 Å². The first-order chi connectivity index (χ1) is 18.0. The monoisotopic (exact) mass is 520 g/mol. The van der Waals surface area contributed by atoms with Crippen molar-refractivity contribution in [1.82, 2.24) is 15.7 Å². The van der Waals surface area contributed by atoms with Crippen LogP contribution < -0.4 is 16.1 Å². The molecule has 0 aliphatic carbocycles. The lowest BCUT2D eigenvalue weighted by Gasteiger charge is -2.26. The summed E-state index contributed by atoms with van der Waals surface area (Å²) in [6.45, 7) is 6.99. The van der Waals surface area contributed by atoms with Gasteiger partial charge in [0.25, 0.3) is 11.8 Å². The maximum absolute atomic E-state index is 12.3. The van der Waals surface area contributed by atoms with Gasteiger partial charge in [0.2, 0.25) is 0 Å². The van der Waals surface area contributed by atoms with Crippen molar-refractivity contribution in [1.29, 1.82) is 0 Å². The largest absolute Gasteiger partial charge is 0.391 e. The molecule has 38 heavy (non-hydrogen) atoms. The quantitative estimate of drug-likeness (QED) is 0.148. The highest BCUT2D eigenvalue weighted by Gasteiger charge is 2.25. The molecular formula is C29H36N4O5. The van der Waals surface area contributed by atoms with Crippen LogP contribution in [0.3, 0.4) is 0 Å². The zero-order chi connectivity index (χ0) is 26.5. The first-order valence-corrected chi connectivity index (χ1v) is 12.2. The molecule has 0 bridgehead atoms. The summed E-state index contributed by atoms with van der Waals surface area (Å²) < 4.78 is 5.37. The second-order valence-corrected chi connectivity index (χ2v) is 8.56. The number of nitrogens with zero attached hydrogens (tertiary/aromatic N) is 1. The van der Waals surface area contributed by atoms with E-state index in [4.69, 9.17) is 9.94 Å². The van der Waals surface area contributed by atoms with Gasteiger partial charge in [-0.25, -0.2) is 5.48 Å². The van der Waals surface area contributed by atoms with Gasteiger partial charge in [0, 0.05) is 42.0 Å². The summed E-state index contributed by atoms with van der Waals surface area (Å²) in [5.41, 5.74) is 4.29. The van der Waals surface area contributed by atoms with Crippen molar-refractivity contribution in [2.75, 3.05) is 44.7 Å². The minimum atomic E-state index is -1.28. The number of hydroxylamine groups is 1. The first-order valence-electron chi connectivity index (χ1n) is 12.2. The minimum Gasteiger partial charge on any atom is -0.391 e. The number of amides is 2. The van der Waals surface area contributed by atoms with Crippen molar-refractivity contribution in [3.8, 4) is 23.7 Å². The Morgan fingerprint density at radius 2 is 1.58 bits per heavy atom. The second-order valence-electron chi connectivity index (χ2n) is 8.56. The number of benzene rings is 2. The van der Waals surface area contributed by atoms with Gasteiger partial charge in [-0.05, 0) is 80.3 Å². The summed E-state index contributed by atoms with van der Waals surface area (Å²) in [7, 11) is 0. The molecule has 0 saturated carbocycles. The number of aliphatic hydroxyl groups excluding tert-OH is 1. The van der Waals surface area contributed by atoms with Crippen LogP contribution in [0.1, 0.15) is 42.3 Å². The highest BCUT2D eigenvalue weighted by Crippen LogP contribution is 2.09. The lowest BCUT2D eigenvalue weighted by atomic mass is 10.1. The summed E-state index contributed by atoms with van der Waals surface area (Å²) in [4.78, 5) is 26.3. The van der Waals surface area contributed by atoms with E-state index >= 15 is 0 Å². The molecule has 2 aromatic carbocycles.